The van der Waals surface area contributed by atoms with E-state index in [9.17, 15) is 9.59 Å². The number of aliphatic carboxylic acids is 1. The average molecular weight is 312 g/mol. The maximum Gasteiger partial charge on any atom is 0.305 e. The molecule has 1 amide bonds. The van der Waals surface area contributed by atoms with E-state index in [4.69, 9.17) is 5.11 Å². The number of amides is 1. The molecule has 2 N–H and O–H groups in total. The first-order valence-corrected chi connectivity index (χ1v) is 7.95. The number of carbonyl (C=O) groups excluding carboxylic acids is 1. The lowest BCUT2D eigenvalue weighted by molar-refractivity contribution is -0.138. The first kappa shape index (κ1) is 22.7. The van der Waals surface area contributed by atoms with Crippen LogP contribution < -0.4 is 5.32 Å². The van der Waals surface area contributed by atoms with Crippen molar-refractivity contribution in [2.24, 2.45) is 0 Å². The van der Waals surface area contributed by atoms with Crippen LogP contribution >= 0.6 is 0 Å². The van der Waals surface area contributed by atoms with Crippen LogP contribution in [0.15, 0.2) is 24.3 Å². The summed E-state index contributed by atoms with van der Waals surface area (Å²) in [4.78, 5) is 24.4. The molecule has 0 aromatic carbocycles. The lowest BCUT2D eigenvalue weighted by Crippen LogP contribution is -2.40. The van der Waals surface area contributed by atoms with E-state index in [0.717, 1.165) is 19.3 Å². The maximum absolute atomic E-state index is 12.2. The number of rotatable bonds is 5. The number of carbonyl (C=O) groups is 2. The first-order chi connectivity index (χ1) is 10.5. The van der Waals surface area contributed by atoms with Gasteiger partial charge in [-0.3, -0.25) is 9.59 Å². The highest BCUT2D eigenvalue weighted by Gasteiger charge is 2.26. The number of nitrogens with one attached hydrogen (secondary N) is 1. The zero-order chi connectivity index (χ0) is 17.5. The third-order valence-corrected chi connectivity index (χ3v) is 3.07. The maximum atomic E-state index is 12.2. The standard InChI is InChI=1S/C13H19NO3.C2H7N.C2H6/c1-3-10-6-5-7-11(4-2)14(13(10)17)9-8-12(15)16;1-3-2;1-2/h3,6,11H,1,4-5,7-9H2,2H3,(H,15,16);3H,1-2H3;1-2H3. The van der Waals surface area contributed by atoms with Gasteiger partial charge in [0.15, 0.2) is 0 Å². The van der Waals surface area contributed by atoms with Crippen LogP contribution in [0.5, 0.6) is 0 Å². The monoisotopic (exact) mass is 312 g/mol. The molecule has 0 aliphatic carbocycles. The largest absolute Gasteiger partial charge is 0.481 e. The third-order valence-electron chi connectivity index (χ3n) is 3.07. The summed E-state index contributed by atoms with van der Waals surface area (Å²) in [5, 5.41) is 11.5. The van der Waals surface area contributed by atoms with Crippen molar-refractivity contribution in [3.8, 4) is 0 Å². The summed E-state index contributed by atoms with van der Waals surface area (Å²) in [6.45, 7) is 9.92. The van der Waals surface area contributed by atoms with Crippen molar-refractivity contribution >= 4 is 11.9 Å². The normalized spacial score (nSPS) is 17.1. The Labute approximate surface area is 135 Å². The van der Waals surface area contributed by atoms with Crippen LogP contribution in [0.3, 0.4) is 0 Å². The second-order valence-electron chi connectivity index (χ2n) is 4.65. The summed E-state index contributed by atoms with van der Waals surface area (Å²) in [5.74, 6) is -0.966. The predicted octanol–water partition coefficient (Wildman–Crippen LogP) is 2.84. The minimum Gasteiger partial charge on any atom is -0.481 e. The molecule has 1 unspecified atom stereocenters. The van der Waals surface area contributed by atoms with Crippen molar-refractivity contribution in [1.29, 1.82) is 0 Å². The quantitative estimate of drug-likeness (QED) is 0.819. The number of allylic oxidation sites excluding steroid dienone is 1. The van der Waals surface area contributed by atoms with Gasteiger partial charge in [-0.2, -0.15) is 0 Å². The minimum absolute atomic E-state index is 0.00728. The molecule has 1 aliphatic rings. The van der Waals surface area contributed by atoms with Gasteiger partial charge in [0.1, 0.15) is 0 Å². The average Bonchev–Trinajstić information content (AvgIpc) is 2.66. The van der Waals surface area contributed by atoms with E-state index >= 15 is 0 Å². The zero-order valence-electron chi connectivity index (χ0n) is 14.7. The zero-order valence-corrected chi connectivity index (χ0v) is 14.7. The molecule has 5 nitrogen and oxygen atoms in total. The molecule has 5 heteroatoms. The highest BCUT2D eigenvalue weighted by molar-refractivity contribution is 5.96. The molecule has 1 heterocycles. The Morgan fingerprint density at radius 1 is 1.50 bits per heavy atom. The van der Waals surface area contributed by atoms with Crippen molar-refractivity contribution < 1.29 is 14.7 Å². The number of carboxylic acids is 1. The summed E-state index contributed by atoms with van der Waals surface area (Å²) in [7, 11) is 3.75. The molecular formula is C17H32N2O3. The molecule has 22 heavy (non-hydrogen) atoms. The Morgan fingerprint density at radius 2 is 2.05 bits per heavy atom. The molecule has 0 fully saturated rings. The molecule has 1 rings (SSSR count). The minimum atomic E-state index is -0.874. The van der Waals surface area contributed by atoms with Gasteiger partial charge >= 0.3 is 5.97 Å². The molecule has 0 spiro atoms. The second-order valence-corrected chi connectivity index (χ2v) is 4.65. The van der Waals surface area contributed by atoms with E-state index in [1.165, 1.54) is 0 Å². The molecule has 0 aromatic heterocycles. The Hall–Kier alpha value is -1.62. The topological polar surface area (TPSA) is 69.6 Å². The van der Waals surface area contributed by atoms with Crippen LogP contribution in [0.1, 0.15) is 46.5 Å². The summed E-state index contributed by atoms with van der Waals surface area (Å²) >= 11 is 0. The Morgan fingerprint density at radius 3 is 2.45 bits per heavy atom. The summed E-state index contributed by atoms with van der Waals surface area (Å²) in [5.41, 5.74) is 0.589. The fraction of sp³-hybridized carbons (Fsp3) is 0.647. The predicted molar refractivity (Wildman–Crippen MR) is 91.9 cm³/mol. The molecule has 0 aromatic rings. The van der Waals surface area contributed by atoms with E-state index < -0.39 is 5.97 Å². The number of carboxylic acid groups (broad SMARTS) is 1. The van der Waals surface area contributed by atoms with Crippen molar-refractivity contribution in [2.75, 3.05) is 20.6 Å². The first-order valence-electron chi connectivity index (χ1n) is 7.95. The van der Waals surface area contributed by atoms with Gasteiger partial charge in [-0.15, -0.1) is 0 Å². The van der Waals surface area contributed by atoms with E-state index in [1.54, 1.807) is 11.0 Å². The SMILES string of the molecule is C=CC1=CCCC(CC)N(CCC(=O)O)C1=O.CC.CNC. The molecule has 0 saturated carbocycles. The van der Waals surface area contributed by atoms with E-state index in [0.29, 0.717) is 5.57 Å². The van der Waals surface area contributed by atoms with Crippen LogP contribution in [0, 0.1) is 0 Å². The second kappa shape index (κ2) is 14.3. The van der Waals surface area contributed by atoms with Crippen LogP contribution in [0.4, 0.5) is 0 Å². The van der Waals surface area contributed by atoms with Crippen molar-refractivity contribution in [3.63, 3.8) is 0 Å². The van der Waals surface area contributed by atoms with Crippen molar-refractivity contribution in [1.82, 2.24) is 10.2 Å². The van der Waals surface area contributed by atoms with Gasteiger partial charge in [0.05, 0.1) is 6.42 Å². The number of nitrogens with zero attached hydrogens (tertiary/aromatic N) is 1. The van der Waals surface area contributed by atoms with Gasteiger partial charge in [0.2, 0.25) is 0 Å². The van der Waals surface area contributed by atoms with Crippen LogP contribution in [0.2, 0.25) is 0 Å². The molecule has 0 saturated heterocycles. The summed E-state index contributed by atoms with van der Waals surface area (Å²) in [6.07, 6.45) is 6.01. The smallest absolute Gasteiger partial charge is 0.305 e. The molecule has 128 valence electrons. The van der Waals surface area contributed by atoms with Crippen LogP contribution in [-0.2, 0) is 9.59 Å². The van der Waals surface area contributed by atoms with Crippen molar-refractivity contribution in [2.45, 2.75) is 52.5 Å². The fourth-order valence-corrected chi connectivity index (χ4v) is 2.10. The molecule has 1 aliphatic heterocycles. The van der Waals surface area contributed by atoms with E-state index in [2.05, 4.69) is 11.9 Å². The molecule has 0 radical (unpaired) electrons. The molecule has 1 atom stereocenters. The van der Waals surface area contributed by atoms with Crippen LogP contribution in [0.25, 0.3) is 0 Å². The van der Waals surface area contributed by atoms with Gasteiger partial charge in [0, 0.05) is 18.2 Å². The Kier molecular flexibility index (Phi) is 14.8. The van der Waals surface area contributed by atoms with Gasteiger partial charge in [0.25, 0.3) is 5.91 Å². The summed E-state index contributed by atoms with van der Waals surface area (Å²) < 4.78 is 0. The van der Waals surface area contributed by atoms with Gasteiger partial charge in [-0.1, -0.05) is 39.5 Å². The Balaban J connectivity index is 0. The van der Waals surface area contributed by atoms with Gasteiger partial charge in [-0.25, -0.2) is 0 Å². The fourth-order valence-electron chi connectivity index (χ4n) is 2.10. The third kappa shape index (κ3) is 8.62. The van der Waals surface area contributed by atoms with Gasteiger partial charge < -0.3 is 15.3 Å². The Bertz CT molecular complexity index is 365. The molecule has 0 bridgehead atoms. The highest BCUT2D eigenvalue weighted by Crippen LogP contribution is 2.20. The van der Waals surface area contributed by atoms with E-state index in [-0.39, 0.29) is 24.9 Å². The lowest BCUT2D eigenvalue weighted by atomic mass is 10.1. The summed E-state index contributed by atoms with van der Waals surface area (Å²) in [6, 6.07) is 0.135. The molecular weight excluding hydrogens is 280 g/mol. The van der Waals surface area contributed by atoms with Crippen molar-refractivity contribution in [3.05, 3.63) is 24.3 Å². The highest BCUT2D eigenvalue weighted by atomic mass is 16.4. The lowest BCUT2D eigenvalue weighted by Gasteiger charge is -2.29. The van der Waals surface area contributed by atoms with Gasteiger partial charge in [-0.05, 0) is 33.4 Å². The number of hydrogen-bond donors (Lipinski definition) is 2. The van der Waals surface area contributed by atoms with E-state index in [1.807, 2.05) is 40.9 Å². The number of hydrogen-bond acceptors (Lipinski definition) is 3. The van der Waals surface area contributed by atoms with Crippen LogP contribution in [-0.4, -0.2) is 48.6 Å².